The molecule has 8 heteroatoms. The Hall–Kier alpha value is -1.86. The van der Waals surface area contributed by atoms with Gasteiger partial charge in [0.2, 0.25) is 5.91 Å². The number of anilines is 1. The molecule has 0 spiro atoms. The molecule has 22 heavy (non-hydrogen) atoms. The van der Waals surface area contributed by atoms with E-state index in [0.717, 1.165) is 12.8 Å². The number of halogens is 1. The van der Waals surface area contributed by atoms with Gasteiger partial charge in [-0.3, -0.25) is 14.9 Å². The number of nitro groups is 1. The van der Waals surface area contributed by atoms with E-state index in [0.29, 0.717) is 18.9 Å². The first-order chi connectivity index (χ1) is 10.5. The van der Waals surface area contributed by atoms with Gasteiger partial charge in [-0.05, 0) is 24.8 Å². The fraction of sp³-hybridized carbons (Fsp3) is 0.500. The molecule has 0 bridgehead atoms. The van der Waals surface area contributed by atoms with Crippen molar-refractivity contribution in [2.24, 2.45) is 11.7 Å². The maximum atomic E-state index is 11.3. The Bertz CT molecular complexity index is 561. The lowest BCUT2D eigenvalue weighted by atomic mass is 9.89. The van der Waals surface area contributed by atoms with Crippen LogP contribution in [0.5, 0.6) is 0 Å². The van der Waals surface area contributed by atoms with Crippen LogP contribution >= 0.6 is 11.6 Å². The maximum absolute atomic E-state index is 11.3. The number of carbonyl (C=O) groups excluding carboxylic acids is 1. The largest absolute Gasteiger partial charge is 0.381 e. The second-order valence-corrected chi connectivity index (χ2v) is 5.70. The minimum atomic E-state index is -0.505. The van der Waals surface area contributed by atoms with Gasteiger partial charge in [0, 0.05) is 37.8 Å². The molecule has 1 aromatic rings. The van der Waals surface area contributed by atoms with Gasteiger partial charge in [0.25, 0.3) is 5.69 Å². The molecule has 1 aliphatic heterocycles. The number of non-ortho nitro benzene ring substituents is 1. The summed E-state index contributed by atoms with van der Waals surface area (Å²) in [5.74, 6) is -0.158. The molecule has 0 radical (unpaired) electrons. The molecule has 1 amide bonds. The van der Waals surface area contributed by atoms with Crippen molar-refractivity contribution in [3.63, 3.8) is 0 Å². The van der Waals surface area contributed by atoms with Crippen molar-refractivity contribution in [1.29, 1.82) is 0 Å². The molecule has 1 aliphatic rings. The highest BCUT2D eigenvalue weighted by atomic mass is 35.5. The summed E-state index contributed by atoms with van der Waals surface area (Å²) in [6.45, 7) is 1.30. The van der Waals surface area contributed by atoms with Crippen LogP contribution in [0.3, 0.4) is 0 Å². The number of nitrogens with one attached hydrogen (secondary N) is 1. The minimum Gasteiger partial charge on any atom is -0.381 e. The fourth-order valence-electron chi connectivity index (χ4n) is 2.60. The lowest BCUT2D eigenvalue weighted by molar-refractivity contribution is -0.384. The number of hydrogen-bond acceptors (Lipinski definition) is 5. The molecule has 1 atom stereocenters. The van der Waals surface area contributed by atoms with Crippen molar-refractivity contribution in [3.8, 4) is 0 Å². The highest BCUT2D eigenvalue weighted by Crippen LogP contribution is 2.30. The highest BCUT2D eigenvalue weighted by Gasteiger charge is 2.26. The molecule has 2 rings (SSSR count). The Kier molecular flexibility index (Phi) is 5.57. The molecule has 1 aromatic carbocycles. The van der Waals surface area contributed by atoms with Gasteiger partial charge in [-0.1, -0.05) is 11.6 Å². The van der Waals surface area contributed by atoms with E-state index in [2.05, 4.69) is 5.32 Å². The summed E-state index contributed by atoms with van der Waals surface area (Å²) in [5.41, 5.74) is 5.81. The monoisotopic (exact) mass is 327 g/mol. The summed E-state index contributed by atoms with van der Waals surface area (Å²) < 4.78 is 5.33. The van der Waals surface area contributed by atoms with E-state index in [1.54, 1.807) is 6.07 Å². The molecule has 0 aromatic heterocycles. The first-order valence-corrected chi connectivity index (χ1v) is 7.41. The van der Waals surface area contributed by atoms with E-state index in [-0.39, 0.29) is 29.1 Å². The molecular weight excluding hydrogens is 310 g/mol. The van der Waals surface area contributed by atoms with Crippen molar-refractivity contribution in [3.05, 3.63) is 33.3 Å². The topological polar surface area (TPSA) is 107 Å². The third-order valence-corrected chi connectivity index (χ3v) is 4.07. The Morgan fingerprint density at radius 2 is 2.18 bits per heavy atom. The van der Waals surface area contributed by atoms with Crippen molar-refractivity contribution in [2.75, 3.05) is 18.5 Å². The second-order valence-electron chi connectivity index (χ2n) is 5.29. The molecule has 1 saturated heterocycles. The first-order valence-electron chi connectivity index (χ1n) is 7.04. The molecule has 120 valence electrons. The van der Waals surface area contributed by atoms with E-state index in [4.69, 9.17) is 22.1 Å². The Morgan fingerprint density at radius 1 is 1.50 bits per heavy atom. The molecule has 0 saturated carbocycles. The van der Waals surface area contributed by atoms with Gasteiger partial charge in [-0.15, -0.1) is 0 Å². The molecule has 1 unspecified atom stereocenters. The van der Waals surface area contributed by atoms with E-state index < -0.39 is 10.8 Å². The molecule has 0 aliphatic carbocycles. The van der Waals surface area contributed by atoms with E-state index in [1.165, 1.54) is 12.1 Å². The van der Waals surface area contributed by atoms with Gasteiger partial charge in [-0.2, -0.15) is 0 Å². The number of rotatable bonds is 6. The number of nitro benzene ring substituents is 1. The maximum Gasteiger partial charge on any atom is 0.271 e. The zero-order valence-corrected chi connectivity index (χ0v) is 12.7. The third-order valence-electron chi connectivity index (χ3n) is 3.76. The van der Waals surface area contributed by atoms with E-state index >= 15 is 0 Å². The van der Waals surface area contributed by atoms with Gasteiger partial charge >= 0.3 is 0 Å². The zero-order valence-electron chi connectivity index (χ0n) is 12.0. The van der Waals surface area contributed by atoms with Crippen molar-refractivity contribution < 1.29 is 14.5 Å². The molecule has 3 N–H and O–H groups in total. The lowest BCUT2D eigenvalue weighted by Crippen LogP contribution is -2.37. The number of benzene rings is 1. The van der Waals surface area contributed by atoms with Crippen molar-refractivity contribution in [2.45, 2.75) is 25.3 Å². The van der Waals surface area contributed by atoms with Crippen LogP contribution in [0.4, 0.5) is 11.4 Å². The standard InChI is InChI=1S/C14H18ClN3O4/c15-11-7-10(18(20)21)1-2-12(11)17-13(8-14(16)19)9-3-5-22-6-4-9/h1-2,7,9,13,17H,3-6,8H2,(H2,16,19). The first kappa shape index (κ1) is 16.5. The van der Waals surface area contributed by atoms with Crippen LogP contribution in [-0.2, 0) is 9.53 Å². The van der Waals surface area contributed by atoms with Gasteiger partial charge in [-0.25, -0.2) is 0 Å². The Balaban J connectivity index is 2.15. The van der Waals surface area contributed by atoms with Gasteiger partial charge in [0.15, 0.2) is 0 Å². The predicted octanol–water partition coefficient (Wildman–Crippen LogP) is 2.33. The SMILES string of the molecule is NC(=O)CC(Nc1ccc([N+](=O)[O-])cc1Cl)C1CCOCC1. The average Bonchev–Trinajstić information content (AvgIpc) is 2.48. The summed E-state index contributed by atoms with van der Waals surface area (Å²) in [6.07, 6.45) is 1.84. The third kappa shape index (κ3) is 4.32. The lowest BCUT2D eigenvalue weighted by Gasteiger charge is -2.31. The minimum absolute atomic E-state index is 0.0759. The van der Waals surface area contributed by atoms with Crippen LogP contribution in [0.2, 0.25) is 5.02 Å². The number of nitrogens with two attached hydrogens (primary N) is 1. The van der Waals surface area contributed by atoms with Crippen LogP contribution in [-0.4, -0.2) is 30.1 Å². The number of primary amides is 1. The molecular formula is C14H18ClN3O4. The number of carbonyl (C=O) groups is 1. The summed E-state index contributed by atoms with van der Waals surface area (Å²) in [4.78, 5) is 21.5. The summed E-state index contributed by atoms with van der Waals surface area (Å²) in [7, 11) is 0. The van der Waals surface area contributed by atoms with Crippen LogP contribution < -0.4 is 11.1 Å². The Labute approximate surface area is 132 Å². The fourth-order valence-corrected chi connectivity index (χ4v) is 2.83. The zero-order chi connectivity index (χ0) is 16.1. The summed E-state index contributed by atoms with van der Waals surface area (Å²) in [6, 6.07) is 4.04. The van der Waals surface area contributed by atoms with Crippen molar-refractivity contribution in [1.82, 2.24) is 0 Å². The summed E-state index contributed by atoms with van der Waals surface area (Å²) in [5, 5.41) is 14.2. The van der Waals surface area contributed by atoms with Crippen molar-refractivity contribution >= 4 is 28.9 Å². The van der Waals surface area contributed by atoms with Gasteiger partial charge < -0.3 is 15.8 Å². The summed E-state index contributed by atoms with van der Waals surface area (Å²) >= 11 is 6.09. The van der Waals surface area contributed by atoms with E-state index in [1.807, 2.05) is 0 Å². The van der Waals surface area contributed by atoms with Gasteiger partial charge in [0.05, 0.1) is 15.6 Å². The van der Waals surface area contributed by atoms with Crippen LogP contribution in [0.25, 0.3) is 0 Å². The van der Waals surface area contributed by atoms with Gasteiger partial charge in [0.1, 0.15) is 0 Å². The van der Waals surface area contributed by atoms with Crippen LogP contribution in [0, 0.1) is 16.0 Å². The number of amides is 1. The second kappa shape index (κ2) is 7.42. The number of hydrogen-bond donors (Lipinski definition) is 2. The Morgan fingerprint density at radius 3 is 2.73 bits per heavy atom. The van der Waals surface area contributed by atoms with Crippen LogP contribution in [0.1, 0.15) is 19.3 Å². The molecule has 1 heterocycles. The van der Waals surface area contributed by atoms with Crippen LogP contribution in [0.15, 0.2) is 18.2 Å². The quantitative estimate of drug-likeness (QED) is 0.616. The van der Waals surface area contributed by atoms with E-state index in [9.17, 15) is 14.9 Å². The average molecular weight is 328 g/mol. The smallest absolute Gasteiger partial charge is 0.271 e. The number of nitrogens with zero attached hydrogens (tertiary/aromatic N) is 1. The molecule has 7 nitrogen and oxygen atoms in total. The number of ether oxygens (including phenoxy) is 1. The molecule has 1 fully saturated rings. The normalized spacial score (nSPS) is 17.0. The predicted molar refractivity (Wildman–Crippen MR) is 82.9 cm³/mol. The highest BCUT2D eigenvalue weighted by molar-refractivity contribution is 6.33.